The van der Waals surface area contributed by atoms with Crippen LogP contribution in [0.4, 0.5) is 0 Å². The number of hydrogen-bond donors (Lipinski definition) is 2. The van der Waals surface area contributed by atoms with Crippen molar-refractivity contribution in [2.75, 3.05) is 27.2 Å². The summed E-state index contributed by atoms with van der Waals surface area (Å²) in [6.45, 7) is 2.99. The van der Waals surface area contributed by atoms with Gasteiger partial charge in [0.25, 0.3) is 5.91 Å². The Morgan fingerprint density at radius 3 is 2.61 bits per heavy atom. The molecule has 2 aromatic heterocycles. The lowest BCUT2D eigenvalue weighted by Gasteiger charge is -2.27. The summed E-state index contributed by atoms with van der Waals surface area (Å²) in [5.74, 6) is -1.35. The molecular formula is C28H28N4O3S. The van der Waals surface area contributed by atoms with Crippen LogP contribution in [0.5, 0.6) is 0 Å². The summed E-state index contributed by atoms with van der Waals surface area (Å²) in [4.78, 5) is 39.3. The Hall–Kier alpha value is -3.75. The van der Waals surface area contributed by atoms with E-state index in [0.29, 0.717) is 23.5 Å². The average Bonchev–Trinajstić information content (AvgIpc) is 3.54. The number of amides is 1. The zero-order valence-corrected chi connectivity index (χ0v) is 21.3. The minimum absolute atomic E-state index is 0.112. The number of benzene rings is 2. The molecule has 0 saturated carbocycles. The van der Waals surface area contributed by atoms with Crippen molar-refractivity contribution in [1.29, 1.82) is 0 Å². The number of H-pyrrole nitrogens is 1. The molecule has 0 fully saturated rings. The predicted molar refractivity (Wildman–Crippen MR) is 142 cm³/mol. The molecule has 1 atom stereocenters. The number of aromatic amines is 1. The van der Waals surface area contributed by atoms with E-state index < -0.39 is 17.7 Å². The molecule has 0 bridgehead atoms. The minimum atomic E-state index is -0.690. The average molecular weight is 501 g/mol. The second-order valence-corrected chi connectivity index (χ2v) is 10.2. The fraction of sp³-hybridized carbons (Fsp3) is 0.250. The number of carbonyl (C=O) groups excluding carboxylic acids is 2. The minimum Gasteiger partial charge on any atom is -0.503 e. The van der Waals surface area contributed by atoms with Gasteiger partial charge >= 0.3 is 0 Å². The molecule has 0 radical (unpaired) electrons. The van der Waals surface area contributed by atoms with Crippen molar-refractivity contribution >= 4 is 33.9 Å². The number of thiazole rings is 1. The van der Waals surface area contributed by atoms with Gasteiger partial charge < -0.3 is 19.9 Å². The van der Waals surface area contributed by atoms with E-state index in [1.165, 1.54) is 11.3 Å². The third kappa shape index (κ3) is 4.23. The molecule has 1 unspecified atom stereocenters. The van der Waals surface area contributed by atoms with Crippen LogP contribution in [0.15, 0.2) is 72.1 Å². The molecular weight excluding hydrogens is 472 g/mol. The lowest BCUT2D eigenvalue weighted by molar-refractivity contribution is -0.129. The smallest absolute Gasteiger partial charge is 0.290 e. The maximum Gasteiger partial charge on any atom is 0.290 e. The molecule has 184 valence electrons. The van der Waals surface area contributed by atoms with E-state index in [1.54, 1.807) is 11.8 Å². The molecule has 3 heterocycles. The fourth-order valence-corrected chi connectivity index (χ4v) is 5.78. The topological polar surface area (TPSA) is 89.5 Å². The number of para-hydroxylation sites is 1. The van der Waals surface area contributed by atoms with E-state index in [4.69, 9.17) is 0 Å². The van der Waals surface area contributed by atoms with E-state index in [1.807, 2.05) is 79.8 Å². The summed E-state index contributed by atoms with van der Waals surface area (Å²) in [6.07, 6.45) is 2.55. The normalized spacial score (nSPS) is 16.1. The maximum atomic E-state index is 14.0. The Morgan fingerprint density at radius 1 is 1.14 bits per heavy atom. The highest BCUT2D eigenvalue weighted by Crippen LogP contribution is 2.43. The van der Waals surface area contributed by atoms with Gasteiger partial charge in [0.2, 0.25) is 5.78 Å². The van der Waals surface area contributed by atoms with Crippen LogP contribution >= 0.6 is 11.3 Å². The third-order valence-electron chi connectivity index (χ3n) is 6.49. The predicted octanol–water partition coefficient (Wildman–Crippen LogP) is 5.13. The molecule has 0 aliphatic carbocycles. The van der Waals surface area contributed by atoms with Gasteiger partial charge in [0.1, 0.15) is 5.01 Å². The Balaban J connectivity index is 1.58. The van der Waals surface area contributed by atoms with Gasteiger partial charge in [-0.2, -0.15) is 0 Å². The fourth-order valence-electron chi connectivity index (χ4n) is 4.75. The number of aliphatic hydroxyl groups is 1. The van der Waals surface area contributed by atoms with Crippen molar-refractivity contribution in [2.45, 2.75) is 19.4 Å². The Morgan fingerprint density at radius 2 is 1.86 bits per heavy atom. The molecule has 5 rings (SSSR count). The van der Waals surface area contributed by atoms with Crippen LogP contribution in [-0.2, 0) is 4.79 Å². The summed E-state index contributed by atoms with van der Waals surface area (Å²) in [5, 5.41) is 12.7. The highest BCUT2D eigenvalue weighted by atomic mass is 32.1. The third-order valence-corrected chi connectivity index (χ3v) is 7.70. The van der Waals surface area contributed by atoms with Crippen molar-refractivity contribution < 1.29 is 14.7 Å². The molecule has 36 heavy (non-hydrogen) atoms. The number of nitrogens with one attached hydrogen (secondary N) is 1. The van der Waals surface area contributed by atoms with Gasteiger partial charge in [-0.05, 0) is 40.1 Å². The number of aromatic nitrogens is 2. The number of rotatable bonds is 8. The monoisotopic (exact) mass is 500 g/mol. The summed E-state index contributed by atoms with van der Waals surface area (Å²) in [5.41, 5.74) is 3.32. The van der Waals surface area contributed by atoms with E-state index in [-0.39, 0.29) is 11.4 Å². The molecule has 8 heteroatoms. The number of ketones is 1. The quantitative estimate of drug-likeness (QED) is 0.328. The zero-order valence-electron chi connectivity index (χ0n) is 20.5. The SMILES string of the molecule is Cc1nc(-c2ccccc2)sc1C(=O)C1=C(O)C(=O)N(CCCN(C)C)C1c1c[nH]c2ccccc12. The van der Waals surface area contributed by atoms with Crippen LogP contribution < -0.4 is 0 Å². The first-order valence-electron chi connectivity index (χ1n) is 11.9. The number of fused-ring (bicyclic) bond motifs is 1. The van der Waals surface area contributed by atoms with Gasteiger partial charge in [0.15, 0.2) is 5.76 Å². The lowest BCUT2D eigenvalue weighted by atomic mass is 9.94. The van der Waals surface area contributed by atoms with Crippen molar-refractivity contribution in [3.8, 4) is 10.6 Å². The summed E-state index contributed by atoms with van der Waals surface area (Å²) in [7, 11) is 3.95. The summed E-state index contributed by atoms with van der Waals surface area (Å²) in [6, 6.07) is 16.8. The number of aliphatic hydroxyl groups excluding tert-OH is 1. The lowest BCUT2D eigenvalue weighted by Crippen LogP contribution is -2.33. The van der Waals surface area contributed by atoms with E-state index >= 15 is 0 Å². The molecule has 1 aliphatic heterocycles. The number of aryl methyl sites for hydroxylation is 1. The van der Waals surface area contributed by atoms with Gasteiger partial charge in [-0.1, -0.05) is 48.5 Å². The van der Waals surface area contributed by atoms with E-state index in [0.717, 1.165) is 33.6 Å². The molecule has 2 N–H and O–H groups in total. The second kappa shape index (κ2) is 9.72. The molecule has 0 spiro atoms. The highest BCUT2D eigenvalue weighted by molar-refractivity contribution is 7.17. The molecule has 7 nitrogen and oxygen atoms in total. The van der Waals surface area contributed by atoms with Crippen molar-refractivity contribution in [2.24, 2.45) is 0 Å². The van der Waals surface area contributed by atoms with Gasteiger partial charge in [0.05, 0.1) is 22.2 Å². The number of hydrogen-bond acceptors (Lipinski definition) is 6. The summed E-state index contributed by atoms with van der Waals surface area (Å²) < 4.78 is 0. The maximum absolute atomic E-state index is 14.0. The summed E-state index contributed by atoms with van der Waals surface area (Å²) >= 11 is 1.29. The Bertz CT molecular complexity index is 1470. The standard InChI is InChI=1S/C28H28N4O3S/c1-17-26(36-27(30-17)18-10-5-4-6-11-18)24(33)22-23(20-16-29-21-13-8-7-12-19(20)21)32(28(35)25(22)34)15-9-14-31(2)3/h4-8,10-13,16,23,29,34H,9,14-15H2,1-3H3. The van der Waals surface area contributed by atoms with E-state index in [9.17, 15) is 14.7 Å². The van der Waals surface area contributed by atoms with Crippen LogP contribution in [0.25, 0.3) is 21.5 Å². The largest absolute Gasteiger partial charge is 0.503 e. The van der Waals surface area contributed by atoms with Gasteiger partial charge in [-0.25, -0.2) is 4.98 Å². The van der Waals surface area contributed by atoms with Gasteiger partial charge in [-0.15, -0.1) is 11.3 Å². The van der Waals surface area contributed by atoms with Gasteiger partial charge in [-0.3, -0.25) is 9.59 Å². The molecule has 0 saturated heterocycles. The van der Waals surface area contributed by atoms with Crippen LogP contribution in [0.3, 0.4) is 0 Å². The molecule has 1 amide bonds. The number of carbonyl (C=O) groups is 2. The zero-order chi connectivity index (χ0) is 25.4. The van der Waals surface area contributed by atoms with Crippen LogP contribution in [0.2, 0.25) is 0 Å². The number of Topliss-reactive ketones (excluding diaryl/α,β-unsaturated/α-hetero) is 1. The first-order valence-corrected chi connectivity index (χ1v) is 12.7. The van der Waals surface area contributed by atoms with Crippen LogP contribution in [0.1, 0.15) is 33.4 Å². The number of nitrogens with zero attached hydrogens (tertiary/aromatic N) is 3. The van der Waals surface area contributed by atoms with Crippen molar-refractivity contribution in [3.05, 3.63) is 88.3 Å². The van der Waals surface area contributed by atoms with E-state index in [2.05, 4.69) is 9.97 Å². The molecule has 4 aromatic rings. The van der Waals surface area contributed by atoms with Crippen LogP contribution in [0, 0.1) is 6.92 Å². The Kier molecular flexibility index (Phi) is 6.47. The highest BCUT2D eigenvalue weighted by Gasteiger charge is 2.45. The van der Waals surface area contributed by atoms with Crippen molar-refractivity contribution in [1.82, 2.24) is 19.8 Å². The Labute approximate surface area is 213 Å². The second-order valence-electron chi connectivity index (χ2n) is 9.24. The van der Waals surface area contributed by atoms with Gasteiger partial charge in [0, 0.05) is 34.8 Å². The molecule has 1 aliphatic rings. The first kappa shape index (κ1) is 24.0. The molecule has 2 aromatic carbocycles. The first-order chi connectivity index (χ1) is 17.4. The van der Waals surface area contributed by atoms with Crippen LogP contribution in [-0.4, -0.2) is 63.7 Å². The van der Waals surface area contributed by atoms with Crippen molar-refractivity contribution in [3.63, 3.8) is 0 Å².